The van der Waals surface area contributed by atoms with E-state index < -0.39 is 0 Å². The number of carbonyl (C=O) groups excluding carboxylic acids is 1. The van der Waals surface area contributed by atoms with Gasteiger partial charge in [-0.2, -0.15) is 0 Å². The van der Waals surface area contributed by atoms with E-state index in [1.54, 1.807) is 21.3 Å². The second-order valence-corrected chi connectivity index (χ2v) is 9.01. The molecular weight excluding hydrogens is 394 g/mol. The fraction of sp³-hybridized carbons (Fsp3) is 0.381. The largest absolute Gasteiger partial charge is 0.493 e. The van der Waals surface area contributed by atoms with Crippen molar-refractivity contribution in [3.8, 4) is 17.2 Å². The van der Waals surface area contributed by atoms with Crippen LogP contribution >= 0.6 is 23.5 Å². The molecular formula is C21H25NO4S2. The van der Waals surface area contributed by atoms with E-state index in [4.69, 9.17) is 14.2 Å². The Morgan fingerprint density at radius 2 is 1.71 bits per heavy atom. The molecule has 1 fully saturated rings. The van der Waals surface area contributed by atoms with Crippen LogP contribution in [0.1, 0.15) is 22.1 Å². The van der Waals surface area contributed by atoms with Crippen molar-refractivity contribution in [1.29, 1.82) is 0 Å². The van der Waals surface area contributed by atoms with E-state index in [1.807, 2.05) is 47.8 Å². The maximum absolute atomic E-state index is 12.4. The molecule has 1 aliphatic heterocycles. The fourth-order valence-electron chi connectivity index (χ4n) is 3.07. The topological polar surface area (TPSA) is 56.8 Å². The third-order valence-corrected chi connectivity index (χ3v) is 7.53. The number of rotatable bonds is 8. The van der Waals surface area contributed by atoms with Crippen LogP contribution in [0, 0.1) is 0 Å². The zero-order valence-corrected chi connectivity index (χ0v) is 18.0. The Balaban J connectivity index is 1.62. The average Bonchev–Trinajstić information content (AvgIpc) is 3.26. The van der Waals surface area contributed by atoms with Crippen molar-refractivity contribution >= 4 is 35.1 Å². The summed E-state index contributed by atoms with van der Waals surface area (Å²) < 4.78 is 16.6. The van der Waals surface area contributed by atoms with Crippen LogP contribution in [0.15, 0.2) is 36.4 Å². The van der Waals surface area contributed by atoms with Crippen LogP contribution < -0.4 is 19.5 Å². The van der Waals surface area contributed by atoms with Crippen molar-refractivity contribution in [2.75, 3.05) is 38.2 Å². The molecule has 0 saturated carbocycles. The first-order valence-corrected chi connectivity index (χ1v) is 11.2. The van der Waals surface area contributed by atoms with Crippen molar-refractivity contribution in [3.05, 3.63) is 47.5 Å². The molecule has 150 valence electrons. The first-order valence-electron chi connectivity index (χ1n) is 9.06. The summed E-state index contributed by atoms with van der Waals surface area (Å²) in [5.41, 5.74) is 3.06. The minimum Gasteiger partial charge on any atom is -0.493 e. The van der Waals surface area contributed by atoms with Crippen molar-refractivity contribution in [2.24, 2.45) is 0 Å². The number of thioether (sulfide) groups is 2. The van der Waals surface area contributed by atoms with Crippen molar-refractivity contribution in [3.63, 3.8) is 0 Å². The molecule has 0 unspecified atom stereocenters. The van der Waals surface area contributed by atoms with E-state index in [9.17, 15) is 4.79 Å². The third kappa shape index (κ3) is 5.08. The molecule has 0 bridgehead atoms. The predicted octanol–water partition coefficient (Wildman–Crippen LogP) is 4.76. The number of aryl methyl sites for hydroxylation is 1. The highest BCUT2D eigenvalue weighted by Crippen LogP contribution is 2.45. The molecule has 1 saturated heterocycles. The Bertz CT molecular complexity index is 797. The zero-order chi connectivity index (χ0) is 19.9. The fourth-order valence-corrected chi connectivity index (χ4v) is 5.91. The summed E-state index contributed by atoms with van der Waals surface area (Å²) in [4.78, 5) is 12.4. The molecule has 5 nitrogen and oxygen atoms in total. The second kappa shape index (κ2) is 9.98. The van der Waals surface area contributed by atoms with Gasteiger partial charge >= 0.3 is 0 Å². The van der Waals surface area contributed by atoms with Gasteiger partial charge in [0.2, 0.25) is 11.7 Å². The molecule has 0 atom stereocenters. The van der Waals surface area contributed by atoms with Gasteiger partial charge in [-0.1, -0.05) is 12.1 Å². The lowest BCUT2D eigenvalue weighted by molar-refractivity contribution is -0.116. The van der Waals surface area contributed by atoms with Crippen LogP contribution in [0.2, 0.25) is 0 Å². The molecule has 1 N–H and O–H groups in total. The lowest BCUT2D eigenvalue weighted by atomic mass is 10.1. The molecule has 28 heavy (non-hydrogen) atoms. The average molecular weight is 420 g/mol. The Labute approximate surface area is 174 Å². The smallest absolute Gasteiger partial charge is 0.224 e. The summed E-state index contributed by atoms with van der Waals surface area (Å²) in [7, 11) is 4.74. The highest BCUT2D eigenvalue weighted by atomic mass is 32.2. The van der Waals surface area contributed by atoms with E-state index in [0.29, 0.717) is 34.7 Å². The third-order valence-electron chi connectivity index (χ3n) is 4.43. The van der Waals surface area contributed by atoms with Gasteiger partial charge < -0.3 is 19.5 Å². The molecule has 0 aromatic heterocycles. The van der Waals surface area contributed by atoms with Crippen molar-refractivity contribution in [1.82, 2.24) is 0 Å². The van der Waals surface area contributed by atoms with E-state index in [0.717, 1.165) is 11.3 Å². The maximum Gasteiger partial charge on any atom is 0.224 e. The number of anilines is 1. The van der Waals surface area contributed by atoms with E-state index in [-0.39, 0.29) is 5.91 Å². The normalized spacial score (nSPS) is 14.0. The molecule has 2 aromatic rings. The van der Waals surface area contributed by atoms with Gasteiger partial charge in [0.1, 0.15) is 0 Å². The molecule has 1 heterocycles. The number of ether oxygens (including phenoxy) is 3. The number of amides is 1. The molecule has 1 amide bonds. The SMILES string of the molecule is COc1cc(CCC(=O)Nc2cccc(C3SCCS3)c2)cc(OC)c1OC. The Kier molecular flexibility index (Phi) is 7.39. The maximum atomic E-state index is 12.4. The molecule has 0 radical (unpaired) electrons. The monoisotopic (exact) mass is 419 g/mol. The Hall–Kier alpha value is -1.99. The molecule has 1 aliphatic rings. The zero-order valence-electron chi connectivity index (χ0n) is 16.3. The molecule has 0 aliphatic carbocycles. The van der Waals surface area contributed by atoms with Crippen LogP contribution in [0.4, 0.5) is 5.69 Å². The number of carbonyl (C=O) groups is 1. The van der Waals surface area contributed by atoms with Gasteiger partial charge in [0.25, 0.3) is 0 Å². The van der Waals surface area contributed by atoms with Gasteiger partial charge in [0.15, 0.2) is 11.5 Å². The van der Waals surface area contributed by atoms with E-state index >= 15 is 0 Å². The highest BCUT2D eigenvalue weighted by molar-refractivity contribution is 8.19. The minimum atomic E-state index is -0.0161. The predicted molar refractivity (Wildman–Crippen MR) is 117 cm³/mol. The summed E-state index contributed by atoms with van der Waals surface area (Å²) >= 11 is 3.91. The quantitative estimate of drug-likeness (QED) is 0.666. The second-order valence-electron chi connectivity index (χ2n) is 6.28. The van der Waals surface area contributed by atoms with Crippen LogP contribution in [-0.4, -0.2) is 38.7 Å². The summed E-state index contributed by atoms with van der Waals surface area (Å²) in [6.07, 6.45) is 0.951. The number of benzene rings is 2. The Morgan fingerprint density at radius 3 is 2.32 bits per heavy atom. The van der Waals surface area contributed by atoms with Crippen LogP contribution in [0.3, 0.4) is 0 Å². The number of methoxy groups -OCH3 is 3. The number of hydrogen-bond acceptors (Lipinski definition) is 6. The van der Waals surface area contributed by atoms with E-state index in [2.05, 4.69) is 17.4 Å². The van der Waals surface area contributed by atoms with Gasteiger partial charge in [-0.3, -0.25) is 4.79 Å². The van der Waals surface area contributed by atoms with Gasteiger partial charge in [0.05, 0.1) is 25.9 Å². The highest BCUT2D eigenvalue weighted by Gasteiger charge is 2.18. The van der Waals surface area contributed by atoms with Crippen LogP contribution in [0.5, 0.6) is 17.2 Å². The van der Waals surface area contributed by atoms with Crippen molar-refractivity contribution < 1.29 is 19.0 Å². The summed E-state index contributed by atoms with van der Waals surface area (Å²) in [6, 6.07) is 11.9. The van der Waals surface area contributed by atoms with Crippen molar-refractivity contribution in [2.45, 2.75) is 17.4 Å². The minimum absolute atomic E-state index is 0.0161. The van der Waals surface area contributed by atoms with Crippen LogP contribution in [-0.2, 0) is 11.2 Å². The molecule has 7 heteroatoms. The van der Waals surface area contributed by atoms with Crippen LogP contribution in [0.25, 0.3) is 0 Å². The van der Waals surface area contributed by atoms with Gasteiger partial charge in [0, 0.05) is 23.6 Å². The first kappa shape index (κ1) is 20.7. The summed E-state index contributed by atoms with van der Waals surface area (Å²) in [6.45, 7) is 0. The van der Waals surface area contributed by atoms with Gasteiger partial charge in [-0.15, -0.1) is 23.5 Å². The van der Waals surface area contributed by atoms with Gasteiger partial charge in [-0.05, 0) is 41.8 Å². The number of hydrogen-bond donors (Lipinski definition) is 1. The lowest BCUT2D eigenvalue weighted by Crippen LogP contribution is -2.12. The molecule has 0 spiro atoms. The standard InChI is InChI=1S/C21H25NO4S2/c1-24-17-11-14(12-18(25-2)20(17)26-3)7-8-19(23)22-16-6-4-5-15(13-16)21-27-9-10-28-21/h4-6,11-13,21H,7-10H2,1-3H3,(H,22,23). The van der Waals surface area contributed by atoms with E-state index in [1.165, 1.54) is 17.1 Å². The first-order chi connectivity index (χ1) is 13.6. The lowest BCUT2D eigenvalue weighted by Gasteiger charge is -2.14. The number of nitrogens with one attached hydrogen (secondary N) is 1. The Morgan fingerprint density at radius 1 is 1.04 bits per heavy atom. The summed E-state index contributed by atoms with van der Waals surface area (Å²) in [5, 5.41) is 3.01. The van der Waals surface area contributed by atoms with Gasteiger partial charge in [-0.25, -0.2) is 0 Å². The molecule has 3 rings (SSSR count). The molecule has 2 aromatic carbocycles. The summed E-state index contributed by atoms with van der Waals surface area (Å²) in [5.74, 6) is 4.09.